The Morgan fingerprint density at radius 2 is 2.05 bits per heavy atom. The van der Waals surface area contributed by atoms with Gasteiger partial charge in [0.25, 0.3) is 0 Å². The largest absolute Gasteiger partial charge is 0.480 e. The molecule has 1 N–H and O–H groups in total. The van der Waals surface area contributed by atoms with Crippen LogP contribution >= 0.6 is 11.8 Å². The highest BCUT2D eigenvalue weighted by atomic mass is 32.2. The quantitative estimate of drug-likeness (QED) is 0.928. The summed E-state index contributed by atoms with van der Waals surface area (Å²) in [5.74, 6) is -0.485. The zero-order valence-electron chi connectivity index (χ0n) is 12.2. The molecule has 0 saturated carbocycles. The van der Waals surface area contributed by atoms with Crippen LogP contribution in [-0.2, 0) is 11.3 Å². The number of hydrogen-bond acceptors (Lipinski definition) is 3. The SMILES string of the molecule is CCN(Cc1ccccc1)C(=O)N1C(C)SCC1C(=O)O. The third kappa shape index (κ3) is 3.50. The number of hydrogen-bond donors (Lipinski definition) is 1. The number of amides is 2. The van der Waals surface area contributed by atoms with E-state index in [1.807, 2.05) is 44.2 Å². The van der Waals surface area contributed by atoms with E-state index in [1.165, 1.54) is 16.7 Å². The maximum absolute atomic E-state index is 12.7. The molecule has 2 unspecified atom stereocenters. The molecule has 0 radical (unpaired) electrons. The lowest BCUT2D eigenvalue weighted by atomic mass is 10.2. The molecule has 1 aliphatic heterocycles. The predicted molar refractivity (Wildman–Crippen MR) is 83.1 cm³/mol. The van der Waals surface area contributed by atoms with Gasteiger partial charge in [-0.1, -0.05) is 30.3 Å². The summed E-state index contributed by atoms with van der Waals surface area (Å²) < 4.78 is 0. The summed E-state index contributed by atoms with van der Waals surface area (Å²) in [6.07, 6.45) is 0. The van der Waals surface area contributed by atoms with Crippen LogP contribution in [0.1, 0.15) is 19.4 Å². The van der Waals surface area contributed by atoms with Crippen molar-refractivity contribution in [1.29, 1.82) is 0 Å². The first-order valence-electron chi connectivity index (χ1n) is 7.00. The third-order valence-electron chi connectivity index (χ3n) is 3.60. The van der Waals surface area contributed by atoms with E-state index in [9.17, 15) is 14.7 Å². The number of aliphatic carboxylic acids is 1. The molecule has 1 aromatic carbocycles. The van der Waals surface area contributed by atoms with Gasteiger partial charge in [0.1, 0.15) is 6.04 Å². The van der Waals surface area contributed by atoms with E-state index in [0.717, 1.165) is 5.56 Å². The highest BCUT2D eigenvalue weighted by Gasteiger charge is 2.41. The fourth-order valence-corrected chi connectivity index (χ4v) is 3.57. The normalized spacial score (nSPS) is 21.3. The van der Waals surface area contributed by atoms with Gasteiger partial charge in [0.15, 0.2) is 0 Å². The maximum Gasteiger partial charge on any atom is 0.327 e. The van der Waals surface area contributed by atoms with Crippen LogP contribution in [0.25, 0.3) is 0 Å². The Balaban J connectivity index is 2.13. The average molecular weight is 308 g/mol. The zero-order chi connectivity index (χ0) is 15.4. The minimum atomic E-state index is -0.934. The minimum absolute atomic E-state index is 0.108. The Labute approximate surface area is 128 Å². The van der Waals surface area contributed by atoms with Crippen LogP contribution in [0, 0.1) is 0 Å². The first kappa shape index (κ1) is 15.7. The van der Waals surface area contributed by atoms with Crippen LogP contribution < -0.4 is 0 Å². The van der Waals surface area contributed by atoms with Crippen molar-refractivity contribution in [3.63, 3.8) is 0 Å². The second kappa shape index (κ2) is 6.85. The monoisotopic (exact) mass is 308 g/mol. The fourth-order valence-electron chi connectivity index (χ4n) is 2.41. The smallest absolute Gasteiger partial charge is 0.327 e. The van der Waals surface area contributed by atoms with E-state index < -0.39 is 12.0 Å². The molecule has 5 nitrogen and oxygen atoms in total. The van der Waals surface area contributed by atoms with Crippen LogP contribution in [0.2, 0.25) is 0 Å². The molecule has 2 atom stereocenters. The Kier molecular flexibility index (Phi) is 5.12. The topological polar surface area (TPSA) is 60.9 Å². The van der Waals surface area contributed by atoms with Crippen LogP contribution in [0.3, 0.4) is 0 Å². The van der Waals surface area contributed by atoms with E-state index in [0.29, 0.717) is 18.8 Å². The number of carboxylic acid groups (broad SMARTS) is 1. The first-order chi connectivity index (χ1) is 10.0. The number of benzene rings is 1. The van der Waals surface area contributed by atoms with Gasteiger partial charge >= 0.3 is 12.0 Å². The van der Waals surface area contributed by atoms with E-state index in [2.05, 4.69) is 0 Å². The number of carbonyl (C=O) groups is 2. The second-order valence-corrected chi connectivity index (χ2v) is 6.33. The zero-order valence-corrected chi connectivity index (χ0v) is 13.0. The summed E-state index contributed by atoms with van der Waals surface area (Å²) in [6, 6.07) is 8.79. The van der Waals surface area contributed by atoms with Crippen molar-refractivity contribution in [2.45, 2.75) is 31.8 Å². The number of carboxylic acids is 1. The first-order valence-corrected chi connectivity index (χ1v) is 8.05. The maximum atomic E-state index is 12.7. The third-order valence-corrected chi connectivity index (χ3v) is 4.81. The average Bonchev–Trinajstić information content (AvgIpc) is 2.87. The van der Waals surface area contributed by atoms with Gasteiger partial charge in [-0.2, -0.15) is 0 Å². The lowest BCUT2D eigenvalue weighted by molar-refractivity contribution is -0.141. The molecule has 1 aromatic rings. The van der Waals surface area contributed by atoms with Crippen molar-refractivity contribution in [3.8, 4) is 0 Å². The molecule has 114 valence electrons. The highest BCUT2D eigenvalue weighted by molar-refractivity contribution is 8.00. The van der Waals surface area contributed by atoms with Crippen molar-refractivity contribution >= 4 is 23.8 Å². The van der Waals surface area contributed by atoms with Crippen molar-refractivity contribution in [2.75, 3.05) is 12.3 Å². The van der Waals surface area contributed by atoms with Gasteiger partial charge < -0.3 is 10.0 Å². The molecular formula is C15H20N2O3S. The molecule has 0 aliphatic carbocycles. The predicted octanol–water partition coefficient (Wildman–Crippen LogP) is 2.48. The summed E-state index contributed by atoms with van der Waals surface area (Å²) in [5.41, 5.74) is 1.04. The summed E-state index contributed by atoms with van der Waals surface area (Å²) in [6.45, 7) is 4.83. The number of urea groups is 1. The summed E-state index contributed by atoms with van der Waals surface area (Å²) in [4.78, 5) is 27.2. The number of nitrogens with zero attached hydrogens (tertiary/aromatic N) is 2. The highest BCUT2D eigenvalue weighted by Crippen LogP contribution is 2.30. The Morgan fingerprint density at radius 1 is 1.38 bits per heavy atom. The van der Waals surface area contributed by atoms with Crippen LogP contribution in [0.15, 0.2) is 30.3 Å². The van der Waals surface area contributed by atoms with Crippen molar-refractivity contribution in [1.82, 2.24) is 9.80 Å². The van der Waals surface area contributed by atoms with Crippen molar-refractivity contribution in [3.05, 3.63) is 35.9 Å². The molecule has 0 spiro atoms. The van der Waals surface area contributed by atoms with Crippen molar-refractivity contribution in [2.24, 2.45) is 0 Å². The molecule has 1 heterocycles. The number of rotatable bonds is 4. The van der Waals surface area contributed by atoms with Gasteiger partial charge in [0, 0.05) is 18.8 Å². The number of thioether (sulfide) groups is 1. The molecule has 0 bridgehead atoms. The van der Waals surface area contributed by atoms with Gasteiger partial charge in [-0.25, -0.2) is 9.59 Å². The molecule has 2 rings (SSSR count). The van der Waals surface area contributed by atoms with E-state index in [1.54, 1.807) is 4.90 Å². The molecule has 6 heteroatoms. The van der Waals surface area contributed by atoms with Gasteiger partial charge in [0.2, 0.25) is 0 Å². The van der Waals surface area contributed by atoms with E-state index in [4.69, 9.17) is 0 Å². The molecule has 0 aromatic heterocycles. The van der Waals surface area contributed by atoms with Crippen LogP contribution in [-0.4, -0.2) is 50.6 Å². The molecule has 21 heavy (non-hydrogen) atoms. The molecule has 1 aliphatic rings. The van der Waals surface area contributed by atoms with Crippen LogP contribution in [0.4, 0.5) is 4.79 Å². The van der Waals surface area contributed by atoms with Gasteiger partial charge in [-0.15, -0.1) is 11.8 Å². The van der Waals surface area contributed by atoms with Gasteiger partial charge in [-0.05, 0) is 19.4 Å². The summed E-state index contributed by atoms with van der Waals surface area (Å²) in [5, 5.41) is 9.16. The molecule has 1 saturated heterocycles. The van der Waals surface area contributed by atoms with Gasteiger partial charge in [0.05, 0.1) is 5.37 Å². The summed E-state index contributed by atoms with van der Waals surface area (Å²) >= 11 is 1.50. The second-order valence-electron chi connectivity index (χ2n) is 4.98. The number of carbonyl (C=O) groups excluding carboxylic acids is 1. The van der Waals surface area contributed by atoms with Gasteiger partial charge in [-0.3, -0.25) is 4.90 Å². The lowest BCUT2D eigenvalue weighted by Crippen LogP contribution is -2.50. The molecule has 2 amide bonds. The Hall–Kier alpha value is -1.69. The minimum Gasteiger partial charge on any atom is -0.480 e. The summed E-state index contributed by atoms with van der Waals surface area (Å²) in [7, 11) is 0. The van der Waals surface area contributed by atoms with E-state index >= 15 is 0 Å². The Bertz CT molecular complexity index is 509. The molecular weight excluding hydrogens is 288 g/mol. The van der Waals surface area contributed by atoms with E-state index in [-0.39, 0.29) is 11.4 Å². The van der Waals surface area contributed by atoms with Crippen LogP contribution in [0.5, 0.6) is 0 Å². The lowest BCUT2D eigenvalue weighted by Gasteiger charge is -2.31. The molecule has 1 fully saturated rings. The van der Waals surface area contributed by atoms with Crippen molar-refractivity contribution < 1.29 is 14.7 Å². The fraction of sp³-hybridized carbons (Fsp3) is 0.467. The standard InChI is InChI=1S/C15H20N2O3S/c1-3-16(9-12-7-5-4-6-8-12)15(20)17-11(2)21-10-13(17)14(18)19/h4-8,11,13H,3,9-10H2,1-2H3,(H,18,19). The Morgan fingerprint density at radius 3 is 2.62 bits per heavy atom.